The van der Waals surface area contributed by atoms with Gasteiger partial charge in [0.15, 0.2) is 0 Å². The number of halogens is 1. The molecule has 0 heterocycles. The Balaban J connectivity index is 0.00000161. The number of nitrogens with two attached hydrogens (primary N) is 1. The summed E-state index contributed by atoms with van der Waals surface area (Å²) in [4.78, 5) is 12.4. The Bertz CT molecular complexity index is 629. The average molecular weight is 305 g/mol. The van der Waals surface area contributed by atoms with Gasteiger partial charge in [-0.15, -0.1) is 12.4 Å². The Morgan fingerprint density at radius 1 is 1.14 bits per heavy atom. The first-order chi connectivity index (χ1) is 9.78. The van der Waals surface area contributed by atoms with Gasteiger partial charge in [-0.3, -0.25) is 4.79 Å². The zero-order valence-corrected chi connectivity index (χ0v) is 12.7. The number of fused-ring (bicyclic) bond motifs is 1. The van der Waals surface area contributed by atoms with Crippen LogP contribution in [0.1, 0.15) is 29.6 Å². The first kappa shape index (κ1) is 15.8. The summed E-state index contributed by atoms with van der Waals surface area (Å²) in [5.41, 5.74) is 6.49. The van der Waals surface area contributed by atoms with Crippen molar-refractivity contribution in [2.75, 3.05) is 6.54 Å². The summed E-state index contributed by atoms with van der Waals surface area (Å²) in [6.45, 7) is 0.655. The smallest absolute Gasteiger partial charge is 0.251 e. The van der Waals surface area contributed by atoms with Gasteiger partial charge in [0, 0.05) is 11.6 Å². The summed E-state index contributed by atoms with van der Waals surface area (Å²) in [5.74, 6) is 0.445. The Hall–Kier alpha value is -1.58. The van der Waals surface area contributed by atoms with Crippen LogP contribution in [0, 0.1) is 5.92 Å². The molecule has 0 bridgehead atoms. The maximum atomic E-state index is 12.4. The van der Waals surface area contributed by atoms with E-state index in [1.54, 1.807) is 0 Å². The van der Waals surface area contributed by atoms with Crippen molar-refractivity contribution >= 4 is 29.1 Å². The van der Waals surface area contributed by atoms with Gasteiger partial charge >= 0.3 is 0 Å². The van der Waals surface area contributed by atoms with Crippen molar-refractivity contribution < 1.29 is 4.79 Å². The molecule has 3 nitrogen and oxygen atoms in total. The van der Waals surface area contributed by atoms with Crippen LogP contribution < -0.4 is 11.1 Å². The Labute approximate surface area is 131 Å². The normalized spacial score (nSPS) is 21.0. The second-order valence-corrected chi connectivity index (χ2v) is 5.57. The highest BCUT2D eigenvalue weighted by Gasteiger charge is 2.27. The zero-order chi connectivity index (χ0) is 13.9. The fourth-order valence-electron chi connectivity index (χ4n) is 3.09. The van der Waals surface area contributed by atoms with Gasteiger partial charge in [0.05, 0.1) is 0 Å². The SMILES string of the molecule is Cl.NCC1CCCC1NC(=O)c1ccc2ccccc2c1. The highest BCUT2D eigenvalue weighted by atomic mass is 35.5. The van der Waals surface area contributed by atoms with Gasteiger partial charge in [-0.05, 0) is 48.2 Å². The van der Waals surface area contributed by atoms with E-state index in [9.17, 15) is 4.79 Å². The summed E-state index contributed by atoms with van der Waals surface area (Å²) < 4.78 is 0. The summed E-state index contributed by atoms with van der Waals surface area (Å²) in [6.07, 6.45) is 3.32. The molecule has 0 aromatic heterocycles. The maximum Gasteiger partial charge on any atom is 0.251 e. The third-order valence-electron chi connectivity index (χ3n) is 4.29. The molecule has 112 valence electrons. The fraction of sp³-hybridized carbons (Fsp3) is 0.353. The third kappa shape index (κ3) is 3.36. The molecule has 1 saturated carbocycles. The number of hydrogen-bond acceptors (Lipinski definition) is 2. The molecule has 1 aliphatic rings. The standard InChI is InChI=1S/C17H20N2O.ClH/c18-11-15-6-3-7-16(15)19-17(20)14-9-8-12-4-1-2-5-13(12)10-14;/h1-2,4-5,8-10,15-16H,3,6-7,11,18H2,(H,19,20);1H. The Morgan fingerprint density at radius 2 is 1.90 bits per heavy atom. The second-order valence-electron chi connectivity index (χ2n) is 5.57. The number of amides is 1. The van der Waals surface area contributed by atoms with E-state index in [4.69, 9.17) is 5.73 Å². The van der Waals surface area contributed by atoms with E-state index in [-0.39, 0.29) is 24.4 Å². The lowest BCUT2D eigenvalue weighted by atomic mass is 10.0. The van der Waals surface area contributed by atoms with Gasteiger partial charge in [0.2, 0.25) is 0 Å². The molecule has 0 aliphatic heterocycles. The van der Waals surface area contributed by atoms with Crippen LogP contribution in [0.5, 0.6) is 0 Å². The van der Waals surface area contributed by atoms with Crippen LogP contribution in [0.25, 0.3) is 10.8 Å². The molecule has 1 aliphatic carbocycles. The number of rotatable bonds is 3. The molecular formula is C17H21ClN2O. The highest BCUT2D eigenvalue weighted by molar-refractivity contribution is 5.98. The minimum Gasteiger partial charge on any atom is -0.349 e. The van der Waals surface area contributed by atoms with E-state index >= 15 is 0 Å². The fourth-order valence-corrected chi connectivity index (χ4v) is 3.09. The molecule has 1 fully saturated rings. The van der Waals surface area contributed by atoms with Crippen molar-refractivity contribution in [3.63, 3.8) is 0 Å². The van der Waals surface area contributed by atoms with Gasteiger partial charge in [0.25, 0.3) is 5.91 Å². The lowest BCUT2D eigenvalue weighted by molar-refractivity contribution is 0.0929. The molecule has 2 unspecified atom stereocenters. The molecule has 3 rings (SSSR count). The molecule has 4 heteroatoms. The van der Waals surface area contributed by atoms with E-state index in [1.807, 2.05) is 36.4 Å². The lowest BCUT2D eigenvalue weighted by Gasteiger charge is -2.19. The van der Waals surface area contributed by atoms with Crippen molar-refractivity contribution in [2.24, 2.45) is 11.7 Å². The largest absolute Gasteiger partial charge is 0.349 e. The highest BCUT2D eigenvalue weighted by Crippen LogP contribution is 2.25. The molecular weight excluding hydrogens is 284 g/mol. The van der Waals surface area contributed by atoms with E-state index in [2.05, 4.69) is 11.4 Å². The predicted octanol–water partition coefficient (Wildman–Crippen LogP) is 3.12. The Kier molecular flexibility index (Phi) is 5.21. The predicted molar refractivity (Wildman–Crippen MR) is 88.8 cm³/mol. The molecule has 21 heavy (non-hydrogen) atoms. The lowest BCUT2D eigenvalue weighted by Crippen LogP contribution is -2.39. The average Bonchev–Trinajstić information content (AvgIpc) is 2.94. The number of nitrogens with one attached hydrogen (secondary N) is 1. The molecule has 3 N–H and O–H groups in total. The second kappa shape index (κ2) is 6.92. The van der Waals surface area contributed by atoms with Gasteiger partial charge in [-0.1, -0.05) is 36.8 Å². The summed E-state index contributed by atoms with van der Waals surface area (Å²) in [5, 5.41) is 5.40. The van der Waals surface area contributed by atoms with Gasteiger partial charge in [-0.2, -0.15) is 0 Å². The molecule has 2 aromatic rings. The number of benzene rings is 2. The Morgan fingerprint density at radius 3 is 2.67 bits per heavy atom. The van der Waals surface area contributed by atoms with E-state index in [0.717, 1.165) is 35.6 Å². The summed E-state index contributed by atoms with van der Waals surface area (Å²) in [7, 11) is 0. The van der Waals surface area contributed by atoms with E-state index in [0.29, 0.717) is 12.5 Å². The van der Waals surface area contributed by atoms with Crippen LogP contribution in [0.2, 0.25) is 0 Å². The topological polar surface area (TPSA) is 55.1 Å². The molecule has 0 spiro atoms. The number of carbonyl (C=O) groups excluding carboxylic acids is 1. The molecule has 2 aromatic carbocycles. The van der Waals surface area contributed by atoms with E-state index < -0.39 is 0 Å². The van der Waals surface area contributed by atoms with Crippen LogP contribution >= 0.6 is 12.4 Å². The van der Waals surface area contributed by atoms with Crippen molar-refractivity contribution in [1.29, 1.82) is 0 Å². The first-order valence-corrected chi connectivity index (χ1v) is 7.27. The zero-order valence-electron chi connectivity index (χ0n) is 11.9. The van der Waals surface area contributed by atoms with Crippen LogP contribution in [-0.2, 0) is 0 Å². The van der Waals surface area contributed by atoms with Gasteiger partial charge < -0.3 is 11.1 Å². The van der Waals surface area contributed by atoms with Crippen LogP contribution in [0.4, 0.5) is 0 Å². The molecule has 0 saturated heterocycles. The quantitative estimate of drug-likeness (QED) is 0.915. The van der Waals surface area contributed by atoms with Crippen molar-refractivity contribution in [1.82, 2.24) is 5.32 Å². The van der Waals surface area contributed by atoms with Crippen molar-refractivity contribution in [2.45, 2.75) is 25.3 Å². The molecule has 0 radical (unpaired) electrons. The monoisotopic (exact) mass is 304 g/mol. The van der Waals surface area contributed by atoms with Crippen molar-refractivity contribution in [3.05, 3.63) is 48.0 Å². The van der Waals surface area contributed by atoms with E-state index in [1.165, 1.54) is 0 Å². The minimum absolute atomic E-state index is 0. The minimum atomic E-state index is 0. The van der Waals surface area contributed by atoms with Gasteiger partial charge in [-0.25, -0.2) is 0 Å². The van der Waals surface area contributed by atoms with Gasteiger partial charge in [0.1, 0.15) is 0 Å². The summed E-state index contributed by atoms with van der Waals surface area (Å²) in [6, 6.07) is 14.2. The van der Waals surface area contributed by atoms with Crippen molar-refractivity contribution in [3.8, 4) is 0 Å². The first-order valence-electron chi connectivity index (χ1n) is 7.27. The third-order valence-corrected chi connectivity index (χ3v) is 4.29. The summed E-state index contributed by atoms with van der Waals surface area (Å²) >= 11 is 0. The van der Waals surface area contributed by atoms with Crippen LogP contribution in [-0.4, -0.2) is 18.5 Å². The van der Waals surface area contributed by atoms with Crippen LogP contribution in [0.3, 0.4) is 0 Å². The maximum absolute atomic E-state index is 12.4. The molecule has 2 atom stereocenters. The number of carbonyl (C=O) groups is 1. The number of hydrogen-bond donors (Lipinski definition) is 2. The van der Waals surface area contributed by atoms with Crippen LogP contribution in [0.15, 0.2) is 42.5 Å². The molecule has 1 amide bonds.